The van der Waals surface area contributed by atoms with Crippen molar-refractivity contribution in [1.29, 1.82) is 0 Å². The van der Waals surface area contributed by atoms with Crippen LogP contribution in [0.4, 0.5) is 0 Å². The molecule has 0 aromatic rings. The number of thioether (sulfide) groups is 1. The summed E-state index contributed by atoms with van der Waals surface area (Å²) in [7, 11) is 4.40. The van der Waals surface area contributed by atoms with E-state index in [0.717, 1.165) is 19.1 Å². The minimum atomic E-state index is 0.172. The van der Waals surface area contributed by atoms with Crippen LogP contribution in [0.2, 0.25) is 0 Å². The lowest BCUT2D eigenvalue weighted by atomic mass is 9.74. The normalized spacial score (nSPS) is 33.0. The monoisotopic (exact) mass is 300 g/mol. The molecule has 0 bridgehead atoms. The standard InChI is InChI=1S/C16H32N2OS/c1-6-17-14(15(2,3)18(4)5)13-7-9-19-16(11-13)8-10-20-12-16/h13-14,17H,6-12H2,1-5H3. The Morgan fingerprint density at radius 2 is 2.20 bits per heavy atom. The van der Waals surface area contributed by atoms with E-state index < -0.39 is 0 Å². The van der Waals surface area contributed by atoms with Crippen molar-refractivity contribution < 1.29 is 4.74 Å². The van der Waals surface area contributed by atoms with Gasteiger partial charge in [0.15, 0.2) is 0 Å². The van der Waals surface area contributed by atoms with E-state index >= 15 is 0 Å². The van der Waals surface area contributed by atoms with Crippen molar-refractivity contribution in [3.8, 4) is 0 Å². The molecule has 2 aliphatic heterocycles. The highest BCUT2D eigenvalue weighted by atomic mass is 32.2. The van der Waals surface area contributed by atoms with Crippen LogP contribution in [-0.4, -0.2) is 60.8 Å². The van der Waals surface area contributed by atoms with E-state index in [2.05, 4.69) is 56.8 Å². The van der Waals surface area contributed by atoms with Gasteiger partial charge in [-0.3, -0.25) is 0 Å². The first-order valence-corrected chi connectivity index (χ1v) is 9.19. The van der Waals surface area contributed by atoms with Crippen LogP contribution >= 0.6 is 11.8 Å². The highest BCUT2D eigenvalue weighted by Gasteiger charge is 2.45. The van der Waals surface area contributed by atoms with E-state index in [1.165, 1.54) is 30.8 Å². The summed E-state index contributed by atoms with van der Waals surface area (Å²) in [4.78, 5) is 2.37. The third kappa shape index (κ3) is 3.34. The summed E-state index contributed by atoms with van der Waals surface area (Å²) in [5.74, 6) is 3.19. The highest BCUT2D eigenvalue weighted by Crippen LogP contribution is 2.43. The maximum atomic E-state index is 6.20. The molecule has 2 aliphatic rings. The van der Waals surface area contributed by atoms with Crippen molar-refractivity contribution in [3.63, 3.8) is 0 Å². The van der Waals surface area contributed by atoms with Crippen LogP contribution in [0.25, 0.3) is 0 Å². The molecule has 20 heavy (non-hydrogen) atoms. The van der Waals surface area contributed by atoms with Crippen LogP contribution in [0.1, 0.15) is 40.0 Å². The summed E-state index contributed by atoms with van der Waals surface area (Å²) in [6.45, 7) is 8.94. The number of ether oxygens (including phenoxy) is 1. The predicted molar refractivity (Wildman–Crippen MR) is 88.6 cm³/mol. The van der Waals surface area contributed by atoms with Crippen LogP contribution in [0, 0.1) is 5.92 Å². The van der Waals surface area contributed by atoms with Gasteiger partial charge in [0.05, 0.1) is 5.60 Å². The van der Waals surface area contributed by atoms with Crippen molar-refractivity contribution in [2.24, 2.45) is 5.92 Å². The molecule has 1 N–H and O–H groups in total. The average molecular weight is 301 g/mol. The number of hydrogen-bond donors (Lipinski definition) is 1. The Kier molecular flexibility index (Phi) is 5.44. The Morgan fingerprint density at radius 1 is 1.45 bits per heavy atom. The van der Waals surface area contributed by atoms with Gasteiger partial charge in [-0.2, -0.15) is 11.8 Å². The molecule has 2 heterocycles. The number of hydrogen-bond acceptors (Lipinski definition) is 4. The van der Waals surface area contributed by atoms with Crippen molar-refractivity contribution in [1.82, 2.24) is 10.2 Å². The first-order chi connectivity index (χ1) is 9.41. The quantitative estimate of drug-likeness (QED) is 0.843. The fourth-order valence-electron chi connectivity index (χ4n) is 3.70. The van der Waals surface area contributed by atoms with E-state index in [1.54, 1.807) is 0 Å². The Hall–Kier alpha value is 0.230. The second-order valence-electron chi connectivity index (χ2n) is 7.17. The maximum Gasteiger partial charge on any atom is 0.0783 e. The van der Waals surface area contributed by atoms with E-state index in [-0.39, 0.29) is 11.1 Å². The van der Waals surface area contributed by atoms with E-state index in [9.17, 15) is 0 Å². The molecule has 2 fully saturated rings. The van der Waals surface area contributed by atoms with Crippen LogP contribution < -0.4 is 5.32 Å². The van der Waals surface area contributed by atoms with Gasteiger partial charge in [-0.1, -0.05) is 6.92 Å². The fraction of sp³-hybridized carbons (Fsp3) is 1.00. The molecule has 0 amide bonds. The zero-order chi connectivity index (χ0) is 14.8. The molecular formula is C16H32N2OS. The summed E-state index contributed by atoms with van der Waals surface area (Å²) in [6.07, 6.45) is 3.67. The Labute approximate surface area is 129 Å². The zero-order valence-electron chi connectivity index (χ0n) is 13.9. The molecule has 3 atom stereocenters. The Balaban J connectivity index is 2.12. The Morgan fingerprint density at radius 3 is 2.75 bits per heavy atom. The molecule has 0 aromatic heterocycles. The molecule has 118 valence electrons. The van der Waals surface area contributed by atoms with E-state index in [0.29, 0.717) is 6.04 Å². The smallest absolute Gasteiger partial charge is 0.0783 e. The fourth-order valence-corrected chi connectivity index (χ4v) is 5.08. The summed E-state index contributed by atoms with van der Waals surface area (Å²) in [5, 5.41) is 3.78. The van der Waals surface area contributed by atoms with Gasteiger partial charge in [-0.15, -0.1) is 0 Å². The van der Waals surface area contributed by atoms with Gasteiger partial charge in [0.1, 0.15) is 0 Å². The second-order valence-corrected chi connectivity index (χ2v) is 8.28. The molecule has 4 heteroatoms. The van der Waals surface area contributed by atoms with Gasteiger partial charge in [0.25, 0.3) is 0 Å². The summed E-state index contributed by atoms with van der Waals surface area (Å²) >= 11 is 2.06. The van der Waals surface area contributed by atoms with Crippen LogP contribution in [0.15, 0.2) is 0 Å². The second kappa shape index (κ2) is 6.55. The highest BCUT2D eigenvalue weighted by molar-refractivity contribution is 7.99. The lowest BCUT2D eigenvalue weighted by molar-refractivity contribution is -0.0935. The molecule has 3 nitrogen and oxygen atoms in total. The molecule has 0 aliphatic carbocycles. The van der Waals surface area contributed by atoms with Crippen molar-refractivity contribution >= 4 is 11.8 Å². The summed E-state index contributed by atoms with van der Waals surface area (Å²) in [6, 6.07) is 0.536. The molecule has 0 radical (unpaired) electrons. The first-order valence-electron chi connectivity index (χ1n) is 8.04. The molecule has 0 aromatic carbocycles. The average Bonchev–Trinajstić information content (AvgIpc) is 2.83. The minimum Gasteiger partial charge on any atom is -0.374 e. The first kappa shape index (κ1) is 16.6. The number of nitrogens with one attached hydrogen (secondary N) is 1. The summed E-state index contributed by atoms with van der Waals surface area (Å²) < 4.78 is 6.20. The number of nitrogens with zero attached hydrogens (tertiary/aromatic N) is 1. The Bertz CT molecular complexity index is 314. The summed E-state index contributed by atoms with van der Waals surface area (Å²) in [5.41, 5.74) is 0.356. The molecule has 2 rings (SSSR count). The van der Waals surface area contributed by atoms with E-state index in [4.69, 9.17) is 4.74 Å². The van der Waals surface area contributed by atoms with Gasteiger partial charge in [0.2, 0.25) is 0 Å². The van der Waals surface area contributed by atoms with Gasteiger partial charge in [-0.05, 0) is 65.4 Å². The molecule has 0 saturated carbocycles. The van der Waals surface area contributed by atoms with Crippen molar-refractivity contribution in [2.45, 2.75) is 57.2 Å². The van der Waals surface area contributed by atoms with Crippen molar-refractivity contribution in [2.75, 3.05) is 38.8 Å². The van der Waals surface area contributed by atoms with E-state index in [1.807, 2.05) is 0 Å². The molecule has 3 unspecified atom stereocenters. The minimum absolute atomic E-state index is 0.172. The van der Waals surface area contributed by atoms with Crippen LogP contribution in [0.3, 0.4) is 0 Å². The third-order valence-corrected chi connectivity index (χ3v) is 6.63. The third-order valence-electron chi connectivity index (χ3n) is 5.41. The topological polar surface area (TPSA) is 24.5 Å². The van der Waals surface area contributed by atoms with Gasteiger partial charge < -0.3 is 15.0 Å². The van der Waals surface area contributed by atoms with Gasteiger partial charge in [-0.25, -0.2) is 0 Å². The zero-order valence-corrected chi connectivity index (χ0v) is 14.7. The number of likely N-dealkylation sites (N-methyl/N-ethyl adjacent to an activating group) is 2. The molecular weight excluding hydrogens is 268 g/mol. The largest absolute Gasteiger partial charge is 0.374 e. The maximum absolute atomic E-state index is 6.20. The molecule has 1 spiro atoms. The number of rotatable bonds is 5. The van der Waals surface area contributed by atoms with Crippen LogP contribution in [0.5, 0.6) is 0 Å². The van der Waals surface area contributed by atoms with Gasteiger partial charge in [0, 0.05) is 23.9 Å². The SMILES string of the molecule is CCNC(C1CCOC2(CCSC2)C1)C(C)(C)N(C)C. The molecule has 2 saturated heterocycles. The lowest BCUT2D eigenvalue weighted by Crippen LogP contribution is -2.60. The van der Waals surface area contributed by atoms with Gasteiger partial charge >= 0.3 is 0 Å². The van der Waals surface area contributed by atoms with Crippen LogP contribution in [-0.2, 0) is 4.74 Å². The van der Waals surface area contributed by atoms with Crippen molar-refractivity contribution in [3.05, 3.63) is 0 Å². The lowest BCUT2D eigenvalue weighted by Gasteiger charge is -2.48. The predicted octanol–water partition coefficient (Wildman–Crippen LogP) is 2.61.